The summed E-state index contributed by atoms with van der Waals surface area (Å²) in [6, 6.07) is 45.9. The van der Waals surface area contributed by atoms with Crippen molar-refractivity contribution in [2.45, 2.75) is 187 Å². The van der Waals surface area contributed by atoms with Gasteiger partial charge in [0.15, 0.2) is 7.28 Å². The molecule has 0 saturated carbocycles. The van der Waals surface area contributed by atoms with Crippen molar-refractivity contribution in [3.63, 3.8) is 0 Å². The van der Waals surface area contributed by atoms with Gasteiger partial charge in [-0.25, -0.2) is 0 Å². The summed E-state index contributed by atoms with van der Waals surface area (Å²) in [6.45, 7) is 39.1. The van der Waals surface area contributed by atoms with E-state index in [0.717, 1.165) is 18.5 Å². The quantitative estimate of drug-likeness (QED) is 0.173. The number of nitrogens with zero attached hydrogens (tertiary/aromatic N) is 1. The molecule has 74 heavy (non-hydrogen) atoms. The standard InChI is InChI=1S/C71H80BN2/c1-42-21-17-18-22-46(42)44-36-50(49-39-55-56(69(11,12)33-32-68(55,9)10)40-58(49)73-45-25-27-52-54(38-45)67(7,8)30-29-65(52,3)4)63-61(37-44)74(60-41-57-53(35-43(60)2)66(5,6)31-34-70(57,13)14)59-28-26-48-47-23-19-20-24-51(47)71(15,16)62(48)64(59)72-63/h17-28,35-41,73H,29-34H2,1-16H3. The van der Waals surface area contributed by atoms with Gasteiger partial charge in [-0.05, 0) is 222 Å². The smallest absolute Gasteiger partial charge is 0.198 e. The molecule has 1 radical (unpaired) electrons. The number of fused-ring (bicyclic) bond motifs is 9. The molecule has 1 aliphatic heterocycles. The molecular formula is C71H80BN2. The zero-order valence-electron chi connectivity index (χ0n) is 47.7. The van der Waals surface area contributed by atoms with E-state index in [1.54, 1.807) is 0 Å². The van der Waals surface area contributed by atoms with Crippen molar-refractivity contribution in [1.29, 1.82) is 0 Å². The van der Waals surface area contributed by atoms with Crippen LogP contribution in [-0.4, -0.2) is 7.28 Å². The van der Waals surface area contributed by atoms with Gasteiger partial charge >= 0.3 is 0 Å². The third kappa shape index (κ3) is 7.39. The first kappa shape index (κ1) is 49.1. The fraction of sp³-hybridized carbons (Fsp3) is 0.408. The predicted octanol–water partition coefficient (Wildman–Crippen LogP) is 18.2. The Bertz CT molecular complexity index is 3510. The van der Waals surface area contributed by atoms with Crippen molar-refractivity contribution in [2.24, 2.45) is 0 Å². The van der Waals surface area contributed by atoms with Crippen LogP contribution >= 0.6 is 0 Å². The minimum atomic E-state index is -0.210. The zero-order chi connectivity index (χ0) is 52.4. The Kier molecular flexibility index (Phi) is 10.7. The van der Waals surface area contributed by atoms with Crippen LogP contribution in [0.5, 0.6) is 0 Å². The van der Waals surface area contributed by atoms with E-state index in [1.165, 1.54) is 148 Å². The third-order valence-electron chi connectivity index (χ3n) is 19.9. The summed E-state index contributed by atoms with van der Waals surface area (Å²) in [7, 11) is 2.62. The van der Waals surface area contributed by atoms with E-state index < -0.39 is 0 Å². The normalized spacial score (nSPS) is 20.1. The molecule has 0 bridgehead atoms. The molecule has 0 saturated heterocycles. The highest BCUT2D eigenvalue weighted by molar-refractivity contribution is 6.74. The number of rotatable bonds is 5. The summed E-state index contributed by atoms with van der Waals surface area (Å²) in [5.74, 6) is 0. The minimum absolute atomic E-state index is 0.00699. The Morgan fingerprint density at radius 3 is 1.55 bits per heavy atom. The Morgan fingerprint density at radius 2 is 0.919 bits per heavy atom. The molecule has 0 amide bonds. The Labute approximate surface area is 446 Å². The molecule has 377 valence electrons. The van der Waals surface area contributed by atoms with Crippen LogP contribution in [0, 0.1) is 13.8 Å². The molecule has 0 aromatic heterocycles. The zero-order valence-corrected chi connectivity index (χ0v) is 47.7. The largest absolute Gasteiger partial charge is 0.355 e. The first-order chi connectivity index (χ1) is 34.7. The van der Waals surface area contributed by atoms with Gasteiger partial charge in [0, 0.05) is 39.4 Å². The molecule has 4 aliphatic carbocycles. The molecular weight excluding hydrogens is 892 g/mol. The number of hydrogen-bond acceptors (Lipinski definition) is 2. The maximum Gasteiger partial charge on any atom is 0.198 e. The Balaban J connectivity index is 1.19. The monoisotopic (exact) mass is 972 g/mol. The van der Waals surface area contributed by atoms with E-state index in [9.17, 15) is 0 Å². The highest BCUT2D eigenvalue weighted by Gasteiger charge is 2.45. The fourth-order valence-corrected chi connectivity index (χ4v) is 14.7. The van der Waals surface area contributed by atoms with Crippen LogP contribution in [0.15, 0.2) is 115 Å². The van der Waals surface area contributed by atoms with Crippen LogP contribution in [0.4, 0.5) is 28.4 Å². The lowest BCUT2D eigenvalue weighted by molar-refractivity contribution is 0.332. The van der Waals surface area contributed by atoms with Crippen LogP contribution in [0.25, 0.3) is 33.4 Å². The van der Waals surface area contributed by atoms with E-state index in [4.69, 9.17) is 0 Å². The summed E-state index contributed by atoms with van der Waals surface area (Å²) in [5, 5.41) is 4.24. The third-order valence-corrected chi connectivity index (χ3v) is 19.9. The first-order valence-corrected chi connectivity index (χ1v) is 28.1. The van der Waals surface area contributed by atoms with Crippen molar-refractivity contribution in [3.05, 3.63) is 171 Å². The molecule has 1 heterocycles. The van der Waals surface area contributed by atoms with Crippen molar-refractivity contribution >= 4 is 46.6 Å². The van der Waals surface area contributed by atoms with Gasteiger partial charge < -0.3 is 10.2 Å². The van der Waals surface area contributed by atoms with Gasteiger partial charge in [0.1, 0.15) is 0 Å². The van der Waals surface area contributed by atoms with E-state index in [-0.39, 0.29) is 37.9 Å². The lowest BCUT2D eigenvalue weighted by Crippen LogP contribution is -2.45. The molecule has 0 fully saturated rings. The second kappa shape index (κ2) is 16.1. The predicted molar refractivity (Wildman–Crippen MR) is 320 cm³/mol. The van der Waals surface area contributed by atoms with Gasteiger partial charge in [0.25, 0.3) is 0 Å². The molecule has 0 unspecified atom stereocenters. The highest BCUT2D eigenvalue weighted by Crippen LogP contribution is 2.55. The van der Waals surface area contributed by atoms with E-state index in [1.807, 2.05) is 0 Å². The summed E-state index contributed by atoms with van der Waals surface area (Å²) >= 11 is 0. The van der Waals surface area contributed by atoms with Crippen LogP contribution in [0.2, 0.25) is 0 Å². The number of hydrogen-bond donors (Lipinski definition) is 1. The number of benzene rings is 7. The first-order valence-electron chi connectivity index (χ1n) is 28.1. The average Bonchev–Trinajstić information content (AvgIpc) is 3.58. The van der Waals surface area contributed by atoms with Gasteiger partial charge in [-0.2, -0.15) is 0 Å². The number of anilines is 5. The minimum Gasteiger partial charge on any atom is -0.355 e. The van der Waals surface area contributed by atoms with Gasteiger partial charge in [0.05, 0.1) is 0 Å². The van der Waals surface area contributed by atoms with E-state index >= 15 is 0 Å². The van der Waals surface area contributed by atoms with Crippen LogP contribution in [-0.2, 0) is 37.9 Å². The molecule has 7 aromatic carbocycles. The van der Waals surface area contributed by atoms with Crippen molar-refractivity contribution in [2.75, 3.05) is 10.2 Å². The molecule has 7 aromatic rings. The second-order valence-electron chi connectivity index (χ2n) is 28.2. The fourth-order valence-electron chi connectivity index (χ4n) is 14.7. The summed E-state index contributed by atoms with van der Waals surface area (Å²) in [6.07, 6.45) is 7.04. The van der Waals surface area contributed by atoms with Crippen LogP contribution < -0.4 is 21.1 Å². The lowest BCUT2D eigenvalue weighted by Gasteiger charge is -2.44. The Morgan fingerprint density at radius 1 is 0.378 bits per heavy atom. The summed E-state index contributed by atoms with van der Waals surface area (Å²) in [4.78, 5) is 2.70. The van der Waals surface area contributed by atoms with Crippen molar-refractivity contribution < 1.29 is 0 Å². The van der Waals surface area contributed by atoms with Gasteiger partial charge in [-0.15, -0.1) is 0 Å². The molecule has 12 rings (SSSR count). The van der Waals surface area contributed by atoms with Crippen molar-refractivity contribution in [3.8, 4) is 33.4 Å². The SMILES string of the molecule is Cc1ccccc1-c1cc(-c2cc3c(cc2Nc2ccc4c(c2)C(C)(C)CCC4(C)C)C(C)(C)CCC3(C)C)c2c(c1)N(c1cc3c(cc1C)C(C)(C)CCC3(C)C)c1ccc3c(c1[B]2)C(C)(C)c1ccccc1-3. The molecule has 3 heteroatoms. The van der Waals surface area contributed by atoms with Crippen LogP contribution in [0.1, 0.15) is 191 Å². The van der Waals surface area contributed by atoms with Gasteiger partial charge in [-0.1, -0.05) is 169 Å². The summed E-state index contributed by atoms with van der Waals surface area (Å²) in [5.41, 5.74) is 31.0. The molecule has 0 atom stereocenters. The van der Waals surface area contributed by atoms with Gasteiger partial charge in [0.2, 0.25) is 0 Å². The number of aryl methyl sites for hydroxylation is 2. The summed E-state index contributed by atoms with van der Waals surface area (Å²) < 4.78 is 0. The van der Waals surface area contributed by atoms with E-state index in [2.05, 4.69) is 244 Å². The second-order valence-corrected chi connectivity index (χ2v) is 28.2. The average molecular weight is 972 g/mol. The lowest BCUT2D eigenvalue weighted by atomic mass is 9.54. The van der Waals surface area contributed by atoms with Crippen molar-refractivity contribution in [1.82, 2.24) is 0 Å². The number of nitrogens with one attached hydrogen (secondary N) is 1. The maximum atomic E-state index is 4.24. The molecule has 1 N–H and O–H groups in total. The van der Waals surface area contributed by atoms with Gasteiger partial charge in [-0.3, -0.25) is 0 Å². The molecule has 5 aliphatic rings. The molecule has 0 spiro atoms. The maximum absolute atomic E-state index is 4.24. The van der Waals surface area contributed by atoms with Crippen LogP contribution in [0.3, 0.4) is 0 Å². The van der Waals surface area contributed by atoms with E-state index in [0.29, 0.717) is 0 Å². The Hall–Kier alpha value is -5.80. The highest BCUT2D eigenvalue weighted by atomic mass is 15.2. The topological polar surface area (TPSA) is 15.3 Å². The molecule has 2 nitrogen and oxygen atoms in total.